The highest BCUT2D eigenvalue weighted by Gasteiger charge is 2.46. The van der Waals surface area contributed by atoms with Crippen LogP contribution < -0.4 is 37.5 Å². The number of aryl methyl sites for hydroxylation is 1. The van der Waals surface area contributed by atoms with E-state index in [1.54, 1.807) is 50.2 Å². The van der Waals surface area contributed by atoms with Gasteiger partial charge in [-0.1, -0.05) is 37.3 Å². The van der Waals surface area contributed by atoms with Crippen molar-refractivity contribution in [3.8, 4) is 11.4 Å². The Balaban J connectivity index is 0.959. The Morgan fingerprint density at radius 2 is 1.64 bits per heavy atom. The summed E-state index contributed by atoms with van der Waals surface area (Å²) in [6.45, 7) is 1.99. The second kappa shape index (κ2) is 20.2. The predicted octanol–water partition coefficient (Wildman–Crippen LogP) is 0.923. The molecule has 0 radical (unpaired) electrons. The molecule has 18 nitrogen and oxygen atoms in total. The van der Waals surface area contributed by atoms with Gasteiger partial charge in [-0.3, -0.25) is 33.6 Å². The number of amides is 6. The number of aliphatic hydroxyl groups is 1. The van der Waals surface area contributed by atoms with Crippen molar-refractivity contribution in [1.82, 2.24) is 41.5 Å². The summed E-state index contributed by atoms with van der Waals surface area (Å²) in [5.74, 6) is -4.11. The molecule has 4 heterocycles. The van der Waals surface area contributed by atoms with E-state index in [0.717, 1.165) is 11.1 Å². The fraction of sp³-hybridized carbons (Fsp3) is 0.413. The molecule has 6 amide bonds. The number of halogens is 1. The van der Waals surface area contributed by atoms with Gasteiger partial charge in [0.05, 0.1) is 54.7 Å². The number of nitrogens with one attached hydrogen (secondary N) is 6. The van der Waals surface area contributed by atoms with E-state index < -0.39 is 71.7 Å². The lowest BCUT2D eigenvalue weighted by Crippen LogP contribution is -2.52. The number of rotatable bonds is 18. The van der Waals surface area contributed by atoms with Gasteiger partial charge in [0.25, 0.3) is 5.56 Å². The lowest BCUT2D eigenvalue weighted by Gasteiger charge is -2.31. The Morgan fingerprint density at radius 1 is 0.924 bits per heavy atom. The van der Waals surface area contributed by atoms with Gasteiger partial charge in [-0.15, -0.1) is 0 Å². The van der Waals surface area contributed by atoms with Gasteiger partial charge >= 0.3 is 5.97 Å². The monoisotopic (exact) mass is 926 g/mol. The smallest absolute Gasteiger partial charge is 0.343 e. The summed E-state index contributed by atoms with van der Waals surface area (Å²) in [5.41, 5.74) is 2.28. The zero-order valence-electron chi connectivity index (χ0n) is 36.4. The first-order valence-corrected chi connectivity index (χ1v) is 22.4. The molecule has 1 aliphatic carbocycles. The van der Waals surface area contributed by atoms with Crippen LogP contribution in [0.3, 0.4) is 0 Å². The Labute approximate surface area is 383 Å². The van der Waals surface area contributed by atoms with Crippen LogP contribution in [0.2, 0.25) is 0 Å². The molecule has 0 fully saturated rings. The van der Waals surface area contributed by atoms with E-state index >= 15 is 4.39 Å². The molecular weight excluding hydrogens is 876 g/mol. The lowest BCUT2D eigenvalue weighted by molar-refractivity contribution is -0.172. The highest BCUT2D eigenvalue weighted by atomic mass is 32.1. The van der Waals surface area contributed by atoms with Gasteiger partial charge in [-0.05, 0) is 66.7 Å². The van der Waals surface area contributed by atoms with Gasteiger partial charge < -0.3 is 46.3 Å². The van der Waals surface area contributed by atoms with Gasteiger partial charge in [0.2, 0.25) is 35.4 Å². The normalized spacial score (nSPS) is 17.0. The van der Waals surface area contributed by atoms with Crippen LogP contribution in [0.4, 0.5) is 4.39 Å². The highest BCUT2D eigenvalue weighted by molar-refractivity contribution is 7.80. The van der Waals surface area contributed by atoms with Crippen molar-refractivity contribution in [2.24, 2.45) is 0 Å². The van der Waals surface area contributed by atoms with Crippen LogP contribution in [-0.2, 0) is 69.9 Å². The van der Waals surface area contributed by atoms with Crippen LogP contribution in [0, 0.1) is 12.7 Å². The average Bonchev–Trinajstić information content (AvgIpc) is 3.67. The molecular formula is C46H51FN8O10S. The first-order valence-electron chi connectivity index (χ1n) is 21.8. The number of aromatic nitrogens is 2. The van der Waals surface area contributed by atoms with E-state index in [4.69, 9.17) is 9.72 Å². The largest absolute Gasteiger partial charge is 0.458 e. The first-order chi connectivity index (χ1) is 31.6. The maximum Gasteiger partial charge on any atom is 0.343 e. The summed E-state index contributed by atoms with van der Waals surface area (Å²) < 4.78 is 22.0. The molecule has 20 heteroatoms. The Morgan fingerprint density at radius 3 is 2.38 bits per heavy atom. The highest BCUT2D eigenvalue weighted by Crippen LogP contribution is 2.46. The Hall–Kier alpha value is -6.67. The lowest BCUT2D eigenvalue weighted by atomic mass is 9.81. The molecule has 7 N–H and O–H groups in total. The van der Waals surface area contributed by atoms with E-state index in [0.29, 0.717) is 57.6 Å². The summed E-state index contributed by atoms with van der Waals surface area (Å²) >= 11 is 3.96. The second-order valence-electron chi connectivity index (χ2n) is 16.5. The van der Waals surface area contributed by atoms with Crippen LogP contribution in [0.1, 0.15) is 84.0 Å². The molecule has 1 unspecified atom stereocenters. The molecule has 7 rings (SSSR count). The van der Waals surface area contributed by atoms with E-state index in [-0.39, 0.29) is 81.3 Å². The first kappa shape index (κ1) is 47.3. The molecule has 2 aromatic heterocycles. The van der Waals surface area contributed by atoms with Crippen molar-refractivity contribution < 1.29 is 47.8 Å². The number of fused-ring (bicyclic) bond motifs is 5. The van der Waals surface area contributed by atoms with Crippen LogP contribution in [0.15, 0.2) is 47.3 Å². The fourth-order valence-electron chi connectivity index (χ4n) is 8.71. The molecule has 2 aromatic carbocycles. The number of carbonyl (C=O) groups excluding carboxylic acids is 7. The predicted molar refractivity (Wildman–Crippen MR) is 240 cm³/mol. The van der Waals surface area contributed by atoms with E-state index in [1.807, 2.05) is 0 Å². The van der Waals surface area contributed by atoms with E-state index in [1.165, 1.54) is 10.6 Å². The van der Waals surface area contributed by atoms with Crippen LogP contribution >= 0.6 is 12.6 Å². The van der Waals surface area contributed by atoms with Crippen molar-refractivity contribution in [2.45, 2.75) is 89.6 Å². The summed E-state index contributed by atoms with van der Waals surface area (Å²) in [6, 6.07) is 10.2. The third-order valence-corrected chi connectivity index (χ3v) is 12.4. The average molecular weight is 927 g/mol. The third-order valence-electron chi connectivity index (χ3n) is 12.2. The second-order valence-corrected chi connectivity index (χ2v) is 16.9. The number of hydrogen-bond acceptors (Lipinski definition) is 12. The maximum atomic E-state index is 15.3. The Kier molecular flexibility index (Phi) is 14.5. The Bertz CT molecular complexity index is 2700. The third kappa shape index (κ3) is 9.93. The molecule has 0 spiro atoms. The van der Waals surface area contributed by atoms with Crippen LogP contribution in [-0.4, -0.2) is 94.0 Å². The summed E-state index contributed by atoms with van der Waals surface area (Å²) in [4.78, 5) is 108. The molecule has 348 valence electrons. The fourth-order valence-corrected chi connectivity index (χ4v) is 8.91. The molecule has 3 aliphatic rings. The molecule has 0 saturated carbocycles. The zero-order chi connectivity index (χ0) is 47.3. The number of ether oxygens (including phenoxy) is 1. The summed E-state index contributed by atoms with van der Waals surface area (Å²) in [7, 11) is 0. The van der Waals surface area contributed by atoms with Gasteiger partial charge in [-0.25, -0.2) is 14.2 Å². The van der Waals surface area contributed by atoms with Crippen molar-refractivity contribution in [1.29, 1.82) is 0 Å². The van der Waals surface area contributed by atoms with Crippen molar-refractivity contribution >= 4 is 64.9 Å². The summed E-state index contributed by atoms with van der Waals surface area (Å²) in [5, 5.41) is 27.8. The number of nitrogens with zero attached hydrogens (tertiary/aromatic N) is 2. The van der Waals surface area contributed by atoms with Gasteiger partial charge in [0, 0.05) is 48.4 Å². The number of carbonyl (C=O) groups is 7. The minimum atomic E-state index is -2.03. The number of pyridine rings is 2. The molecule has 66 heavy (non-hydrogen) atoms. The molecule has 0 saturated heterocycles. The topological polar surface area (TPSA) is 256 Å². The zero-order valence-corrected chi connectivity index (χ0v) is 37.3. The minimum Gasteiger partial charge on any atom is -0.458 e. The quantitative estimate of drug-likeness (QED) is 0.0349. The summed E-state index contributed by atoms with van der Waals surface area (Å²) in [6.07, 6.45) is 1.34. The molecule has 3 atom stereocenters. The van der Waals surface area contributed by atoms with Crippen LogP contribution in [0.5, 0.6) is 0 Å². The van der Waals surface area contributed by atoms with Crippen molar-refractivity contribution in [3.05, 3.63) is 97.6 Å². The van der Waals surface area contributed by atoms with E-state index in [9.17, 15) is 43.5 Å². The van der Waals surface area contributed by atoms with Gasteiger partial charge in [0.15, 0.2) is 5.60 Å². The minimum absolute atomic E-state index is 0.0225. The number of cyclic esters (lactones) is 1. The van der Waals surface area contributed by atoms with Gasteiger partial charge in [0.1, 0.15) is 18.5 Å². The SMILES string of the molecule is CC[C@@]1(O)C(=O)OCc2c1cc1n(c2=O)Cc2c-1nc1cc(F)c(C)c3c1c2[C@@H](NC(=O)CCCNC(=O)CNC(=O)C(Cc1ccccc1)NC(=O)CNC(=O)CNC(=O)CCS)CC3. The van der Waals surface area contributed by atoms with E-state index in [2.05, 4.69) is 44.5 Å². The van der Waals surface area contributed by atoms with Crippen LogP contribution in [0.25, 0.3) is 22.3 Å². The maximum absolute atomic E-state index is 15.3. The van der Waals surface area contributed by atoms with Gasteiger partial charge in [-0.2, -0.15) is 12.6 Å². The standard InChI is InChI=1S/C46H51FN8O10S/c1-3-46(64)29-17-34-42-27(22-55(34)44(62)28(29)23-65-45(46)63)41-31(12-11-26-24(2)30(47)18-32(54-42)40(26)41)52-36(57)10-7-14-48-37(58)20-51-43(61)33(16-25-8-5-4-6-9-25)53-39(60)21-50-38(59)19-49-35(56)13-15-66/h4-6,8-9,17-18,31,33,64,66H,3,7,10-16,19-23H2,1-2H3,(H,48,58)(H,49,56)(H,50,59)(H,51,61)(H,52,57)(H,53,60)/t31-,33?,46-/m0/s1. The number of esters is 1. The van der Waals surface area contributed by atoms with Crippen molar-refractivity contribution in [3.63, 3.8) is 0 Å². The number of thiol groups is 1. The molecule has 4 aromatic rings. The number of hydrogen-bond donors (Lipinski definition) is 8. The molecule has 2 aliphatic heterocycles. The van der Waals surface area contributed by atoms with Crippen molar-refractivity contribution in [2.75, 3.05) is 31.9 Å². The number of benzene rings is 2. The molecule has 0 bridgehead atoms.